The number of hydrogen-bond donors (Lipinski definition) is 1. The van der Waals surface area contributed by atoms with E-state index in [1.165, 1.54) is 12.0 Å². The Morgan fingerprint density at radius 2 is 1.87 bits per heavy atom. The number of carbonyl (C=O) groups excluding carboxylic acids is 1. The number of aromatic nitrogens is 2. The third-order valence-electron chi connectivity index (χ3n) is 4.49. The Bertz CT molecular complexity index is 736. The molecule has 2 aromatic rings. The van der Waals surface area contributed by atoms with Crippen LogP contribution in [0.3, 0.4) is 0 Å². The van der Waals surface area contributed by atoms with Crippen LogP contribution >= 0.6 is 0 Å². The fourth-order valence-corrected chi connectivity index (χ4v) is 2.96. The molecule has 120 valence electrons. The number of amides is 1. The first kappa shape index (κ1) is 15.5. The molecule has 0 radical (unpaired) electrons. The summed E-state index contributed by atoms with van der Waals surface area (Å²) in [5.74, 6) is 0.0918. The lowest BCUT2D eigenvalue weighted by atomic mass is 10.0. The molecule has 1 aliphatic rings. The van der Waals surface area contributed by atoms with E-state index in [1.807, 2.05) is 12.1 Å². The molecule has 0 aliphatic carbocycles. The predicted molar refractivity (Wildman–Crippen MR) is 91.5 cm³/mol. The van der Waals surface area contributed by atoms with E-state index in [2.05, 4.69) is 29.8 Å². The Labute approximate surface area is 136 Å². The average molecular weight is 310 g/mol. The molecule has 5 heteroatoms. The van der Waals surface area contributed by atoms with E-state index >= 15 is 0 Å². The lowest BCUT2D eigenvalue weighted by Gasteiger charge is -2.27. The summed E-state index contributed by atoms with van der Waals surface area (Å²) in [6.07, 6.45) is 3.49. The van der Waals surface area contributed by atoms with E-state index in [9.17, 15) is 4.79 Å². The molecular weight excluding hydrogens is 288 g/mol. The van der Waals surface area contributed by atoms with Crippen LogP contribution in [0.2, 0.25) is 0 Å². The van der Waals surface area contributed by atoms with Crippen LogP contribution in [0.15, 0.2) is 24.3 Å². The van der Waals surface area contributed by atoms with Gasteiger partial charge in [-0.25, -0.2) is 9.97 Å². The zero-order valence-electron chi connectivity index (χ0n) is 13.7. The summed E-state index contributed by atoms with van der Waals surface area (Å²) in [6.45, 7) is 5.99. The van der Waals surface area contributed by atoms with Gasteiger partial charge in [-0.15, -0.1) is 0 Å². The third-order valence-corrected chi connectivity index (χ3v) is 4.49. The molecule has 23 heavy (non-hydrogen) atoms. The van der Waals surface area contributed by atoms with Gasteiger partial charge in [0.05, 0.1) is 5.69 Å². The molecule has 1 aliphatic heterocycles. The van der Waals surface area contributed by atoms with Crippen LogP contribution in [0.1, 0.15) is 40.9 Å². The molecule has 0 bridgehead atoms. The first-order valence-corrected chi connectivity index (χ1v) is 8.06. The van der Waals surface area contributed by atoms with Gasteiger partial charge in [0.15, 0.2) is 0 Å². The van der Waals surface area contributed by atoms with E-state index in [4.69, 9.17) is 10.7 Å². The minimum Gasteiger partial charge on any atom is -0.364 e. The summed E-state index contributed by atoms with van der Waals surface area (Å²) in [5, 5.41) is 0. The smallest absolute Gasteiger partial charge is 0.267 e. The van der Waals surface area contributed by atoms with Crippen LogP contribution in [-0.4, -0.2) is 29.0 Å². The zero-order valence-corrected chi connectivity index (χ0v) is 13.7. The van der Waals surface area contributed by atoms with Crippen molar-refractivity contribution < 1.29 is 4.79 Å². The Morgan fingerprint density at radius 1 is 1.13 bits per heavy atom. The average Bonchev–Trinajstić information content (AvgIpc) is 2.57. The van der Waals surface area contributed by atoms with Crippen molar-refractivity contribution in [2.75, 3.05) is 18.0 Å². The number of anilines is 1. The highest BCUT2D eigenvalue weighted by molar-refractivity contribution is 5.92. The van der Waals surface area contributed by atoms with Crippen molar-refractivity contribution >= 4 is 11.9 Å². The third kappa shape index (κ3) is 3.18. The predicted octanol–water partition coefficient (Wildman–Crippen LogP) is 2.85. The van der Waals surface area contributed by atoms with Crippen LogP contribution in [0, 0.1) is 13.8 Å². The number of carbonyl (C=O) groups is 1. The first-order valence-electron chi connectivity index (χ1n) is 8.06. The summed E-state index contributed by atoms with van der Waals surface area (Å²) >= 11 is 0. The maximum atomic E-state index is 11.7. The van der Waals surface area contributed by atoms with Crippen LogP contribution in [0.5, 0.6) is 0 Å². The molecule has 0 spiro atoms. The molecule has 1 aromatic carbocycles. The normalized spacial score (nSPS) is 14.8. The van der Waals surface area contributed by atoms with E-state index < -0.39 is 5.91 Å². The van der Waals surface area contributed by atoms with E-state index in [-0.39, 0.29) is 5.69 Å². The molecule has 0 saturated carbocycles. The molecule has 0 atom stereocenters. The monoisotopic (exact) mass is 310 g/mol. The fraction of sp³-hybridized carbons (Fsp3) is 0.389. The van der Waals surface area contributed by atoms with Crippen molar-refractivity contribution in [3.63, 3.8) is 0 Å². The van der Waals surface area contributed by atoms with Crippen molar-refractivity contribution in [3.05, 3.63) is 41.1 Å². The van der Waals surface area contributed by atoms with Gasteiger partial charge in [-0.3, -0.25) is 4.79 Å². The van der Waals surface area contributed by atoms with Crippen LogP contribution in [0.25, 0.3) is 11.3 Å². The molecule has 1 aromatic heterocycles. The summed E-state index contributed by atoms with van der Waals surface area (Å²) < 4.78 is 0. The van der Waals surface area contributed by atoms with Crippen molar-refractivity contribution in [2.24, 2.45) is 5.73 Å². The Morgan fingerprint density at radius 3 is 2.57 bits per heavy atom. The largest absolute Gasteiger partial charge is 0.364 e. The molecule has 1 fully saturated rings. The second kappa shape index (κ2) is 6.36. The highest BCUT2D eigenvalue weighted by Crippen LogP contribution is 2.26. The Balaban J connectivity index is 2.10. The van der Waals surface area contributed by atoms with Crippen LogP contribution < -0.4 is 10.6 Å². The van der Waals surface area contributed by atoms with Gasteiger partial charge < -0.3 is 10.6 Å². The van der Waals surface area contributed by atoms with Gasteiger partial charge in [0.1, 0.15) is 5.69 Å². The van der Waals surface area contributed by atoms with Gasteiger partial charge in [0, 0.05) is 18.7 Å². The molecule has 0 unspecified atom stereocenters. The lowest BCUT2D eigenvalue weighted by Crippen LogP contribution is -2.31. The van der Waals surface area contributed by atoms with Crippen molar-refractivity contribution in [1.82, 2.24) is 9.97 Å². The first-order chi connectivity index (χ1) is 11.1. The number of piperidine rings is 1. The number of rotatable bonds is 3. The molecule has 3 rings (SSSR count). The summed E-state index contributed by atoms with van der Waals surface area (Å²) in [6, 6.07) is 7.79. The van der Waals surface area contributed by atoms with Gasteiger partial charge in [-0.1, -0.05) is 18.2 Å². The molecule has 5 nitrogen and oxygen atoms in total. The standard InChI is InChI=1S/C18H22N4O/c1-12-7-6-8-14(13(12)2)15-11-16(17(19)23)21-18(20-15)22-9-4-3-5-10-22/h6-8,11H,3-5,9-10H2,1-2H3,(H2,19,23). The second-order valence-corrected chi connectivity index (χ2v) is 6.10. The van der Waals surface area contributed by atoms with Gasteiger partial charge in [0.25, 0.3) is 5.91 Å². The van der Waals surface area contributed by atoms with Crippen molar-refractivity contribution in [3.8, 4) is 11.3 Å². The van der Waals surface area contributed by atoms with Crippen molar-refractivity contribution in [2.45, 2.75) is 33.1 Å². The van der Waals surface area contributed by atoms with E-state index in [0.29, 0.717) is 5.95 Å². The van der Waals surface area contributed by atoms with Gasteiger partial charge >= 0.3 is 0 Å². The van der Waals surface area contributed by atoms with Gasteiger partial charge in [0.2, 0.25) is 5.95 Å². The maximum Gasteiger partial charge on any atom is 0.267 e. The summed E-state index contributed by atoms with van der Waals surface area (Å²) in [4.78, 5) is 22.9. The number of hydrogen-bond acceptors (Lipinski definition) is 4. The second-order valence-electron chi connectivity index (χ2n) is 6.10. The maximum absolute atomic E-state index is 11.7. The van der Waals surface area contributed by atoms with Crippen molar-refractivity contribution in [1.29, 1.82) is 0 Å². The fourth-order valence-electron chi connectivity index (χ4n) is 2.96. The van der Waals surface area contributed by atoms with E-state index in [1.54, 1.807) is 6.07 Å². The Hall–Kier alpha value is -2.43. The quantitative estimate of drug-likeness (QED) is 0.946. The number of benzene rings is 1. The molecule has 2 heterocycles. The summed E-state index contributed by atoms with van der Waals surface area (Å²) in [7, 11) is 0. The lowest BCUT2D eigenvalue weighted by molar-refractivity contribution is 0.0995. The number of primary amides is 1. The van der Waals surface area contributed by atoms with E-state index in [0.717, 1.165) is 42.8 Å². The number of nitrogens with zero attached hydrogens (tertiary/aromatic N) is 3. The number of nitrogens with two attached hydrogens (primary N) is 1. The Kier molecular flexibility index (Phi) is 4.28. The van der Waals surface area contributed by atoms with Gasteiger partial charge in [-0.2, -0.15) is 0 Å². The van der Waals surface area contributed by atoms with Crippen LogP contribution in [0.4, 0.5) is 5.95 Å². The highest BCUT2D eigenvalue weighted by Gasteiger charge is 2.18. The zero-order chi connectivity index (χ0) is 16.4. The SMILES string of the molecule is Cc1cccc(-c2cc(C(N)=O)nc(N3CCCCC3)n2)c1C. The molecule has 2 N–H and O–H groups in total. The highest BCUT2D eigenvalue weighted by atomic mass is 16.1. The minimum atomic E-state index is -0.516. The van der Waals surface area contributed by atoms with Gasteiger partial charge in [-0.05, 0) is 50.3 Å². The number of aryl methyl sites for hydroxylation is 1. The molecular formula is C18H22N4O. The van der Waals surface area contributed by atoms with Crippen LogP contribution in [-0.2, 0) is 0 Å². The topological polar surface area (TPSA) is 72.1 Å². The molecule has 1 saturated heterocycles. The molecule has 1 amide bonds. The summed E-state index contributed by atoms with van der Waals surface area (Å²) in [5.41, 5.74) is 9.89. The minimum absolute atomic E-state index is 0.275.